The van der Waals surface area contributed by atoms with Crippen LogP contribution in [0.5, 0.6) is 0 Å². The average Bonchev–Trinajstić information content (AvgIpc) is 2.37. The van der Waals surface area contributed by atoms with E-state index in [1.165, 1.54) is 11.1 Å². The second-order valence-corrected chi connectivity index (χ2v) is 5.23. The van der Waals surface area contributed by atoms with E-state index in [-0.39, 0.29) is 24.4 Å². The summed E-state index contributed by atoms with van der Waals surface area (Å²) in [5.41, 5.74) is 3.31. The highest BCUT2D eigenvalue weighted by Gasteiger charge is 2.20. The molecule has 5 heteroatoms. The summed E-state index contributed by atoms with van der Waals surface area (Å²) in [6.07, 6.45) is 0.476. The third-order valence-corrected chi connectivity index (χ3v) is 3.39. The fourth-order valence-corrected chi connectivity index (χ4v) is 2.39. The van der Waals surface area contributed by atoms with Crippen LogP contribution in [-0.4, -0.2) is 38.8 Å². The predicted octanol–water partition coefficient (Wildman–Crippen LogP) is 2.07. The van der Waals surface area contributed by atoms with Crippen molar-refractivity contribution in [2.75, 3.05) is 31.7 Å². The minimum Gasteiger partial charge on any atom is -0.378 e. The van der Waals surface area contributed by atoms with Crippen molar-refractivity contribution in [3.63, 3.8) is 0 Å². The molecular weight excluding hydrogens is 276 g/mol. The SMILES string of the molecule is Cc1cc(C)cc(N(C)C(=O)CC2COCCN2)c1.Cl. The zero-order chi connectivity index (χ0) is 13.8. The third-order valence-electron chi connectivity index (χ3n) is 3.39. The third kappa shape index (κ3) is 4.47. The Morgan fingerprint density at radius 2 is 2.00 bits per heavy atom. The number of halogens is 1. The minimum absolute atomic E-state index is 0. The van der Waals surface area contributed by atoms with E-state index < -0.39 is 0 Å². The smallest absolute Gasteiger partial charge is 0.228 e. The Morgan fingerprint density at radius 1 is 1.35 bits per heavy atom. The quantitative estimate of drug-likeness (QED) is 0.929. The number of amides is 1. The van der Waals surface area contributed by atoms with E-state index in [2.05, 4.69) is 11.4 Å². The predicted molar refractivity (Wildman–Crippen MR) is 83.8 cm³/mol. The summed E-state index contributed by atoms with van der Waals surface area (Å²) in [5.74, 6) is 0.119. The van der Waals surface area contributed by atoms with Gasteiger partial charge >= 0.3 is 0 Å². The standard InChI is InChI=1S/C15H22N2O2.ClH/c1-11-6-12(2)8-14(7-11)17(3)15(18)9-13-10-19-5-4-16-13;/h6-8,13,16H,4-5,9-10H2,1-3H3;1H. The Balaban J connectivity index is 0.00000200. The lowest BCUT2D eigenvalue weighted by Crippen LogP contribution is -2.44. The molecule has 1 fully saturated rings. The highest BCUT2D eigenvalue weighted by molar-refractivity contribution is 5.93. The van der Waals surface area contributed by atoms with Gasteiger partial charge in [0.05, 0.1) is 13.2 Å². The normalized spacial score (nSPS) is 18.2. The van der Waals surface area contributed by atoms with Gasteiger partial charge < -0.3 is 15.0 Å². The molecule has 1 aromatic carbocycles. The Morgan fingerprint density at radius 3 is 2.55 bits per heavy atom. The van der Waals surface area contributed by atoms with E-state index in [0.717, 1.165) is 18.8 Å². The van der Waals surface area contributed by atoms with E-state index in [4.69, 9.17) is 4.74 Å². The minimum atomic E-state index is 0. The Bertz CT molecular complexity index is 439. The second-order valence-electron chi connectivity index (χ2n) is 5.23. The van der Waals surface area contributed by atoms with Crippen LogP contribution in [0, 0.1) is 13.8 Å². The van der Waals surface area contributed by atoms with Crippen LogP contribution in [0.1, 0.15) is 17.5 Å². The van der Waals surface area contributed by atoms with Gasteiger partial charge in [-0.05, 0) is 37.1 Å². The average molecular weight is 299 g/mol. The van der Waals surface area contributed by atoms with Crippen LogP contribution in [-0.2, 0) is 9.53 Å². The fraction of sp³-hybridized carbons (Fsp3) is 0.533. The monoisotopic (exact) mass is 298 g/mol. The van der Waals surface area contributed by atoms with E-state index in [9.17, 15) is 4.79 Å². The van der Waals surface area contributed by atoms with Crippen LogP contribution >= 0.6 is 12.4 Å². The zero-order valence-corrected chi connectivity index (χ0v) is 13.1. The molecule has 1 atom stereocenters. The molecule has 0 aliphatic carbocycles. The van der Waals surface area contributed by atoms with Crippen molar-refractivity contribution in [1.82, 2.24) is 5.32 Å². The lowest BCUT2D eigenvalue weighted by atomic mass is 10.1. The first-order valence-electron chi connectivity index (χ1n) is 6.72. The number of rotatable bonds is 3. The largest absolute Gasteiger partial charge is 0.378 e. The van der Waals surface area contributed by atoms with E-state index in [1.54, 1.807) is 4.90 Å². The van der Waals surface area contributed by atoms with Gasteiger partial charge in [0.2, 0.25) is 5.91 Å². The van der Waals surface area contributed by atoms with Gasteiger partial charge in [0, 0.05) is 31.7 Å². The molecule has 1 aliphatic rings. The van der Waals surface area contributed by atoms with Gasteiger partial charge in [0.15, 0.2) is 0 Å². The fourth-order valence-electron chi connectivity index (χ4n) is 2.39. The molecule has 1 unspecified atom stereocenters. The zero-order valence-electron chi connectivity index (χ0n) is 12.3. The van der Waals surface area contributed by atoms with Crippen molar-refractivity contribution < 1.29 is 9.53 Å². The number of carbonyl (C=O) groups excluding carboxylic acids is 1. The number of hydrogen-bond acceptors (Lipinski definition) is 3. The summed E-state index contributed by atoms with van der Waals surface area (Å²) in [4.78, 5) is 14.0. The van der Waals surface area contributed by atoms with Crippen LogP contribution in [0.2, 0.25) is 0 Å². The van der Waals surface area contributed by atoms with E-state index in [1.807, 2.05) is 33.0 Å². The Labute approximate surface area is 126 Å². The number of ether oxygens (including phenoxy) is 1. The molecule has 1 heterocycles. The van der Waals surface area contributed by atoms with Crippen LogP contribution in [0.3, 0.4) is 0 Å². The molecular formula is C15H23ClN2O2. The van der Waals surface area contributed by atoms with Crippen molar-refractivity contribution >= 4 is 24.0 Å². The molecule has 1 aliphatic heterocycles. The van der Waals surface area contributed by atoms with Crippen LogP contribution in [0.25, 0.3) is 0 Å². The number of aryl methyl sites for hydroxylation is 2. The van der Waals surface area contributed by atoms with Crippen molar-refractivity contribution in [3.8, 4) is 0 Å². The summed E-state index contributed by atoms with van der Waals surface area (Å²) < 4.78 is 5.37. The maximum absolute atomic E-state index is 12.3. The molecule has 0 bridgehead atoms. The van der Waals surface area contributed by atoms with Crippen LogP contribution in [0.4, 0.5) is 5.69 Å². The number of nitrogens with one attached hydrogen (secondary N) is 1. The molecule has 0 spiro atoms. The number of nitrogens with zero attached hydrogens (tertiary/aromatic N) is 1. The lowest BCUT2D eigenvalue weighted by molar-refractivity contribution is -0.119. The highest BCUT2D eigenvalue weighted by Crippen LogP contribution is 2.18. The van der Waals surface area contributed by atoms with Crippen molar-refractivity contribution in [2.45, 2.75) is 26.3 Å². The molecule has 0 aromatic heterocycles. The first-order valence-corrected chi connectivity index (χ1v) is 6.72. The molecule has 4 nitrogen and oxygen atoms in total. The number of carbonyl (C=O) groups is 1. The van der Waals surface area contributed by atoms with Gasteiger partial charge in [-0.2, -0.15) is 0 Å². The summed E-state index contributed by atoms with van der Waals surface area (Å²) >= 11 is 0. The maximum Gasteiger partial charge on any atom is 0.228 e. The summed E-state index contributed by atoms with van der Waals surface area (Å²) in [7, 11) is 1.83. The lowest BCUT2D eigenvalue weighted by Gasteiger charge is -2.26. The van der Waals surface area contributed by atoms with Gasteiger partial charge in [0.25, 0.3) is 0 Å². The van der Waals surface area contributed by atoms with Crippen molar-refractivity contribution in [1.29, 1.82) is 0 Å². The molecule has 1 amide bonds. The summed E-state index contributed by atoms with van der Waals surface area (Å²) in [5, 5.41) is 3.31. The first kappa shape index (κ1) is 17.0. The first-order chi connectivity index (χ1) is 9.06. The Hall–Kier alpha value is -1.10. The molecule has 2 rings (SSSR count). The topological polar surface area (TPSA) is 41.6 Å². The molecule has 0 radical (unpaired) electrons. The molecule has 1 saturated heterocycles. The summed E-state index contributed by atoms with van der Waals surface area (Å²) in [6.45, 7) is 6.27. The van der Waals surface area contributed by atoms with Crippen LogP contribution in [0.15, 0.2) is 18.2 Å². The number of morpholine rings is 1. The molecule has 112 valence electrons. The number of anilines is 1. The number of hydrogen-bond donors (Lipinski definition) is 1. The second kappa shape index (κ2) is 7.62. The summed E-state index contributed by atoms with van der Waals surface area (Å²) in [6, 6.07) is 6.32. The molecule has 1 N–H and O–H groups in total. The van der Waals surface area contributed by atoms with E-state index in [0.29, 0.717) is 13.0 Å². The maximum atomic E-state index is 12.3. The number of benzene rings is 1. The molecule has 20 heavy (non-hydrogen) atoms. The van der Waals surface area contributed by atoms with Gasteiger partial charge in [0.1, 0.15) is 0 Å². The van der Waals surface area contributed by atoms with Gasteiger partial charge in [-0.3, -0.25) is 4.79 Å². The van der Waals surface area contributed by atoms with Crippen molar-refractivity contribution in [3.05, 3.63) is 29.3 Å². The Kier molecular flexibility index (Phi) is 6.46. The molecule has 1 aromatic rings. The molecule has 0 saturated carbocycles. The van der Waals surface area contributed by atoms with Gasteiger partial charge in [-0.15, -0.1) is 12.4 Å². The van der Waals surface area contributed by atoms with Gasteiger partial charge in [-0.25, -0.2) is 0 Å². The van der Waals surface area contributed by atoms with Crippen LogP contribution < -0.4 is 10.2 Å². The van der Waals surface area contributed by atoms with Crippen molar-refractivity contribution in [2.24, 2.45) is 0 Å². The highest BCUT2D eigenvalue weighted by atomic mass is 35.5. The van der Waals surface area contributed by atoms with E-state index >= 15 is 0 Å². The van der Waals surface area contributed by atoms with Gasteiger partial charge in [-0.1, -0.05) is 6.07 Å².